The number of nitrogens with zero attached hydrogens (tertiary/aromatic N) is 3. The molecule has 0 bridgehead atoms. The van der Waals surface area contributed by atoms with Gasteiger partial charge < -0.3 is 19.3 Å². The van der Waals surface area contributed by atoms with Crippen LogP contribution >= 0.6 is 0 Å². The van der Waals surface area contributed by atoms with E-state index in [9.17, 15) is 0 Å². The van der Waals surface area contributed by atoms with Gasteiger partial charge in [-0.1, -0.05) is 41.1 Å². The molecular formula is C22H22N4O3. The van der Waals surface area contributed by atoms with Crippen molar-refractivity contribution < 1.29 is 14.0 Å². The number of aryl methyl sites for hydroxylation is 1. The molecule has 0 radical (unpaired) electrons. The van der Waals surface area contributed by atoms with Gasteiger partial charge in [-0.15, -0.1) is 0 Å². The molecule has 0 unspecified atom stereocenters. The largest absolute Gasteiger partial charge is 0.493 e. The van der Waals surface area contributed by atoms with Crippen molar-refractivity contribution in [2.24, 2.45) is 0 Å². The first kappa shape index (κ1) is 18.7. The SMILES string of the molecule is COc1ccc(CCNc2ncnc3c(-c4ccc(C)cc4)noc23)cc1OC. The Bertz CT molecular complexity index is 1120. The quantitative estimate of drug-likeness (QED) is 0.505. The maximum atomic E-state index is 5.56. The van der Waals surface area contributed by atoms with Gasteiger partial charge in [-0.2, -0.15) is 0 Å². The maximum Gasteiger partial charge on any atom is 0.228 e. The summed E-state index contributed by atoms with van der Waals surface area (Å²) in [5.74, 6) is 2.06. The monoisotopic (exact) mass is 390 g/mol. The Balaban J connectivity index is 1.51. The van der Waals surface area contributed by atoms with E-state index < -0.39 is 0 Å². The van der Waals surface area contributed by atoms with Crippen LogP contribution in [0.3, 0.4) is 0 Å². The third-order valence-electron chi connectivity index (χ3n) is 4.74. The number of aromatic nitrogens is 3. The van der Waals surface area contributed by atoms with Crippen molar-refractivity contribution in [1.29, 1.82) is 0 Å². The normalized spacial score (nSPS) is 10.9. The van der Waals surface area contributed by atoms with E-state index in [4.69, 9.17) is 14.0 Å². The zero-order valence-electron chi connectivity index (χ0n) is 16.6. The molecule has 0 fully saturated rings. The van der Waals surface area contributed by atoms with Gasteiger partial charge in [0, 0.05) is 12.1 Å². The summed E-state index contributed by atoms with van der Waals surface area (Å²) in [5, 5.41) is 7.54. The van der Waals surface area contributed by atoms with Gasteiger partial charge in [0.1, 0.15) is 17.5 Å². The van der Waals surface area contributed by atoms with Crippen LogP contribution in [0.1, 0.15) is 11.1 Å². The van der Waals surface area contributed by atoms with Crippen LogP contribution in [-0.2, 0) is 6.42 Å². The Morgan fingerprint density at radius 2 is 1.76 bits per heavy atom. The lowest BCUT2D eigenvalue weighted by molar-refractivity contribution is 0.354. The summed E-state index contributed by atoms with van der Waals surface area (Å²) in [6.45, 7) is 2.72. The van der Waals surface area contributed by atoms with E-state index in [0.29, 0.717) is 40.7 Å². The Morgan fingerprint density at radius 1 is 0.966 bits per heavy atom. The molecule has 0 aliphatic heterocycles. The minimum atomic E-state index is 0.551. The Labute approximate surface area is 168 Å². The van der Waals surface area contributed by atoms with Gasteiger partial charge >= 0.3 is 0 Å². The second-order valence-electron chi connectivity index (χ2n) is 6.66. The molecular weight excluding hydrogens is 368 g/mol. The van der Waals surface area contributed by atoms with Crippen molar-refractivity contribution in [2.45, 2.75) is 13.3 Å². The van der Waals surface area contributed by atoms with Gasteiger partial charge in [-0.25, -0.2) is 9.97 Å². The minimum absolute atomic E-state index is 0.551. The van der Waals surface area contributed by atoms with Crippen LogP contribution in [0.25, 0.3) is 22.4 Å². The van der Waals surface area contributed by atoms with Gasteiger partial charge in [-0.3, -0.25) is 0 Å². The highest BCUT2D eigenvalue weighted by Crippen LogP contribution is 2.30. The molecule has 0 saturated heterocycles. The van der Waals surface area contributed by atoms with Crippen LogP contribution in [0.15, 0.2) is 53.3 Å². The second-order valence-corrected chi connectivity index (χ2v) is 6.66. The molecule has 0 atom stereocenters. The molecule has 2 aromatic heterocycles. The van der Waals surface area contributed by atoms with Gasteiger partial charge in [0.15, 0.2) is 17.3 Å². The lowest BCUT2D eigenvalue weighted by atomic mass is 10.1. The molecule has 4 aromatic rings. The summed E-state index contributed by atoms with van der Waals surface area (Å²) >= 11 is 0. The molecule has 0 amide bonds. The average molecular weight is 390 g/mol. The molecule has 2 heterocycles. The molecule has 29 heavy (non-hydrogen) atoms. The number of benzene rings is 2. The summed E-state index contributed by atoms with van der Waals surface area (Å²) in [4.78, 5) is 8.69. The van der Waals surface area contributed by atoms with Crippen LogP contribution in [0.4, 0.5) is 5.82 Å². The Kier molecular flexibility index (Phi) is 5.29. The molecule has 7 nitrogen and oxygen atoms in total. The molecule has 0 aliphatic carbocycles. The summed E-state index contributed by atoms with van der Waals surface area (Å²) in [5.41, 5.74) is 5.23. The molecule has 0 aliphatic rings. The fourth-order valence-electron chi connectivity index (χ4n) is 3.15. The zero-order chi connectivity index (χ0) is 20.2. The number of ether oxygens (including phenoxy) is 2. The molecule has 7 heteroatoms. The van der Waals surface area contributed by atoms with E-state index >= 15 is 0 Å². The number of fused-ring (bicyclic) bond motifs is 1. The third-order valence-corrected chi connectivity index (χ3v) is 4.74. The first-order chi connectivity index (χ1) is 14.2. The first-order valence-corrected chi connectivity index (χ1v) is 9.32. The van der Waals surface area contributed by atoms with Gasteiger partial charge in [0.05, 0.1) is 14.2 Å². The zero-order valence-corrected chi connectivity index (χ0v) is 16.6. The molecule has 0 saturated carbocycles. The number of nitrogens with one attached hydrogen (secondary N) is 1. The number of anilines is 1. The van der Waals surface area contributed by atoms with Gasteiger partial charge in [0.25, 0.3) is 0 Å². The summed E-state index contributed by atoms with van der Waals surface area (Å²) in [6, 6.07) is 14.0. The van der Waals surface area contributed by atoms with Crippen molar-refractivity contribution in [3.05, 3.63) is 59.9 Å². The Morgan fingerprint density at radius 3 is 2.52 bits per heavy atom. The van der Waals surface area contributed by atoms with Crippen molar-refractivity contribution in [3.8, 4) is 22.8 Å². The van der Waals surface area contributed by atoms with Crippen molar-refractivity contribution in [1.82, 2.24) is 15.1 Å². The molecule has 1 N–H and O–H groups in total. The minimum Gasteiger partial charge on any atom is -0.493 e. The summed E-state index contributed by atoms with van der Waals surface area (Å²) < 4.78 is 16.2. The highest BCUT2D eigenvalue weighted by molar-refractivity contribution is 5.93. The van der Waals surface area contributed by atoms with E-state index in [1.807, 2.05) is 49.4 Å². The standard InChI is InChI=1S/C22H22N4O3/c1-14-4-7-16(8-5-14)19-20-21(29-26-19)22(25-13-24-20)23-11-10-15-6-9-17(27-2)18(12-15)28-3/h4-9,12-13H,10-11H2,1-3H3,(H,23,24,25). The fourth-order valence-corrected chi connectivity index (χ4v) is 3.15. The van der Waals surface area contributed by atoms with E-state index in [-0.39, 0.29) is 0 Å². The Hall–Kier alpha value is -3.61. The number of methoxy groups -OCH3 is 2. The summed E-state index contributed by atoms with van der Waals surface area (Å²) in [7, 11) is 3.26. The smallest absolute Gasteiger partial charge is 0.228 e. The fraction of sp³-hybridized carbons (Fsp3) is 0.227. The van der Waals surface area contributed by atoms with E-state index in [1.165, 1.54) is 11.9 Å². The molecule has 4 rings (SSSR count). The van der Waals surface area contributed by atoms with Crippen molar-refractivity contribution in [2.75, 3.05) is 26.1 Å². The van der Waals surface area contributed by atoms with Crippen LogP contribution in [-0.4, -0.2) is 35.9 Å². The lowest BCUT2D eigenvalue weighted by Crippen LogP contribution is -2.07. The van der Waals surface area contributed by atoms with Crippen LogP contribution in [0, 0.1) is 6.92 Å². The average Bonchev–Trinajstić information content (AvgIpc) is 3.19. The number of hydrogen-bond acceptors (Lipinski definition) is 7. The van der Waals surface area contributed by atoms with Gasteiger partial charge in [0.2, 0.25) is 5.58 Å². The molecule has 0 spiro atoms. The van der Waals surface area contributed by atoms with Crippen LogP contribution in [0.5, 0.6) is 11.5 Å². The van der Waals surface area contributed by atoms with Crippen LogP contribution in [0.2, 0.25) is 0 Å². The van der Waals surface area contributed by atoms with E-state index in [0.717, 1.165) is 17.5 Å². The number of hydrogen-bond donors (Lipinski definition) is 1. The van der Waals surface area contributed by atoms with E-state index in [1.54, 1.807) is 14.2 Å². The highest BCUT2D eigenvalue weighted by Gasteiger charge is 2.16. The maximum absolute atomic E-state index is 5.56. The van der Waals surface area contributed by atoms with E-state index in [2.05, 4.69) is 20.4 Å². The van der Waals surface area contributed by atoms with Crippen molar-refractivity contribution in [3.63, 3.8) is 0 Å². The van der Waals surface area contributed by atoms with Gasteiger partial charge in [-0.05, 0) is 31.0 Å². The molecule has 148 valence electrons. The van der Waals surface area contributed by atoms with Crippen LogP contribution < -0.4 is 14.8 Å². The predicted molar refractivity (Wildman–Crippen MR) is 112 cm³/mol. The third kappa shape index (κ3) is 3.85. The highest BCUT2D eigenvalue weighted by atomic mass is 16.5. The second kappa shape index (κ2) is 8.18. The summed E-state index contributed by atoms with van der Waals surface area (Å²) in [6.07, 6.45) is 2.31. The van der Waals surface area contributed by atoms with Crippen molar-refractivity contribution >= 4 is 16.9 Å². The topological polar surface area (TPSA) is 82.3 Å². The first-order valence-electron chi connectivity index (χ1n) is 9.32. The molecule has 2 aromatic carbocycles. The predicted octanol–water partition coefficient (Wildman–Crippen LogP) is 4.27. The number of rotatable bonds is 7. The lowest BCUT2D eigenvalue weighted by Gasteiger charge is -2.10.